The van der Waals surface area contributed by atoms with Gasteiger partial charge in [0, 0.05) is 5.56 Å². The molecule has 5 nitrogen and oxygen atoms in total. The van der Waals surface area contributed by atoms with Crippen LogP contribution in [0.1, 0.15) is 46.0 Å². The average molecular weight is 290 g/mol. The number of hydrogen-bond acceptors (Lipinski definition) is 5. The Morgan fingerprint density at radius 1 is 1.29 bits per heavy atom. The summed E-state index contributed by atoms with van der Waals surface area (Å²) in [5.74, 6) is -0.526. The zero-order valence-corrected chi connectivity index (χ0v) is 12.2. The predicted octanol–water partition coefficient (Wildman–Crippen LogP) is 2.88. The smallest absolute Gasteiger partial charge is 0.341 e. The Kier molecular flexibility index (Phi) is 4.98. The van der Waals surface area contributed by atoms with Gasteiger partial charge in [-0.1, -0.05) is 13.3 Å². The molecular formula is C16H18O5. The number of ether oxygens (including phenoxy) is 3. The molecule has 1 aliphatic rings. The molecule has 2 rings (SSSR count). The normalized spacial score (nSPS) is 12.3. The van der Waals surface area contributed by atoms with Crippen molar-refractivity contribution in [1.29, 1.82) is 0 Å². The molecule has 0 fully saturated rings. The minimum atomic E-state index is -0.491. The highest BCUT2D eigenvalue weighted by Gasteiger charge is 2.22. The lowest BCUT2D eigenvalue weighted by molar-refractivity contribution is 0.0496. The molecule has 0 aliphatic carbocycles. The number of methoxy groups -OCH3 is 1. The van der Waals surface area contributed by atoms with Crippen molar-refractivity contribution in [2.75, 3.05) is 13.7 Å². The van der Waals surface area contributed by atoms with Gasteiger partial charge in [-0.05, 0) is 31.1 Å². The van der Waals surface area contributed by atoms with Gasteiger partial charge in [0.25, 0.3) is 0 Å². The second kappa shape index (κ2) is 6.92. The molecule has 1 heterocycles. The van der Waals surface area contributed by atoms with Gasteiger partial charge in [0.05, 0.1) is 25.5 Å². The van der Waals surface area contributed by atoms with Gasteiger partial charge >= 0.3 is 11.9 Å². The predicted molar refractivity (Wildman–Crippen MR) is 76.4 cm³/mol. The van der Waals surface area contributed by atoms with Crippen LogP contribution in [0.5, 0.6) is 5.75 Å². The molecule has 0 radical (unpaired) electrons. The molecule has 0 amide bonds. The molecule has 0 spiro atoms. The van der Waals surface area contributed by atoms with Crippen LogP contribution in [-0.4, -0.2) is 25.7 Å². The summed E-state index contributed by atoms with van der Waals surface area (Å²) in [4.78, 5) is 23.9. The molecule has 0 saturated heterocycles. The lowest BCUT2D eigenvalue weighted by Gasteiger charge is -2.17. The van der Waals surface area contributed by atoms with E-state index in [9.17, 15) is 9.59 Å². The molecule has 1 aromatic carbocycles. The van der Waals surface area contributed by atoms with E-state index in [1.807, 2.05) is 13.0 Å². The quantitative estimate of drug-likeness (QED) is 0.616. The number of carbonyl (C=O) groups excluding carboxylic acids is 2. The van der Waals surface area contributed by atoms with Crippen molar-refractivity contribution in [2.24, 2.45) is 0 Å². The summed E-state index contributed by atoms with van der Waals surface area (Å²) < 4.78 is 15.3. The number of esters is 2. The first-order valence-corrected chi connectivity index (χ1v) is 6.91. The fourth-order valence-corrected chi connectivity index (χ4v) is 2.05. The molecule has 112 valence electrons. The van der Waals surface area contributed by atoms with Crippen LogP contribution < -0.4 is 4.74 Å². The summed E-state index contributed by atoms with van der Waals surface area (Å²) >= 11 is 0. The van der Waals surface area contributed by atoms with E-state index < -0.39 is 11.9 Å². The van der Waals surface area contributed by atoms with Crippen LogP contribution >= 0.6 is 0 Å². The average Bonchev–Trinajstić information content (AvgIpc) is 2.53. The third kappa shape index (κ3) is 3.42. The van der Waals surface area contributed by atoms with Gasteiger partial charge in [-0.3, -0.25) is 0 Å². The molecule has 0 aromatic heterocycles. The molecule has 5 heteroatoms. The van der Waals surface area contributed by atoms with Crippen molar-refractivity contribution in [3.63, 3.8) is 0 Å². The second-order valence-electron chi connectivity index (χ2n) is 4.69. The monoisotopic (exact) mass is 290 g/mol. The Hall–Kier alpha value is -2.30. The maximum Gasteiger partial charge on any atom is 0.341 e. The van der Waals surface area contributed by atoms with Crippen molar-refractivity contribution in [2.45, 2.75) is 26.2 Å². The van der Waals surface area contributed by atoms with Crippen molar-refractivity contribution in [3.05, 3.63) is 41.2 Å². The summed E-state index contributed by atoms with van der Waals surface area (Å²) in [5.41, 5.74) is 1.34. The van der Waals surface area contributed by atoms with E-state index in [1.54, 1.807) is 6.07 Å². The Balaban J connectivity index is 2.34. The van der Waals surface area contributed by atoms with Crippen LogP contribution in [0.15, 0.2) is 24.5 Å². The van der Waals surface area contributed by atoms with E-state index >= 15 is 0 Å². The summed E-state index contributed by atoms with van der Waals surface area (Å²) in [5, 5.41) is 0. The molecule has 0 N–H and O–H groups in total. The number of fused-ring (bicyclic) bond motifs is 1. The van der Waals surface area contributed by atoms with Crippen molar-refractivity contribution < 1.29 is 23.8 Å². The van der Waals surface area contributed by atoms with Gasteiger partial charge in [-0.15, -0.1) is 0 Å². The highest BCUT2D eigenvalue weighted by atomic mass is 16.5. The van der Waals surface area contributed by atoms with Gasteiger partial charge in [0.2, 0.25) is 0 Å². The van der Waals surface area contributed by atoms with E-state index in [4.69, 9.17) is 14.2 Å². The van der Waals surface area contributed by atoms with E-state index in [-0.39, 0.29) is 5.56 Å². The Bertz CT molecular complexity index is 574. The van der Waals surface area contributed by atoms with E-state index in [0.717, 1.165) is 18.4 Å². The maximum atomic E-state index is 12.2. The van der Waals surface area contributed by atoms with Crippen LogP contribution in [0.2, 0.25) is 0 Å². The first-order valence-electron chi connectivity index (χ1n) is 6.91. The molecular weight excluding hydrogens is 272 g/mol. The first kappa shape index (κ1) is 15.1. The second-order valence-corrected chi connectivity index (χ2v) is 4.69. The summed E-state index contributed by atoms with van der Waals surface area (Å²) in [6.07, 6.45) is 5.67. The topological polar surface area (TPSA) is 61.8 Å². The molecule has 0 unspecified atom stereocenters. The van der Waals surface area contributed by atoms with E-state index in [2.05, 4.69) is 0 Å². The van der Waals surface area contributed by atoms with Crippen molar-refractivity contribution in [3.8, 4) is 5.75 Å². The largest absolute Gasteiger partial charge is 0.465 e. The van der Waals surface area contributed by atoms with Gasteiger partial charge in [0.1, 0.15) is 11.3 Å². The third-order valence-electron chi connectivity index (χ3n) is 3.16. The number of carbonyl (C=O) groups is 2. The Labute approximate surface area is 123 Å². The van der Waals surface area contributed by atoms with Gasteiger partial charge in [-0.25, -0.2) is 9.59 Å². The summed E-state index contributed by atoms with van der Waals surface area (Å²) in [6.45, 7) is 2.36. The maximum absolute atomic E-state index is 12.2. The number of allylic oxidation sites excluding steroid dienone is 1. The van der Waals surface area contributed by atoms with Crippen LogP contribution in [0.3, 0.4) is 0 Å². The minimum absolute atomic E-state index is 0.258. The fourth-order valence-electron chi connectivity index (χ4n) is 2.05. The molecule has 0 bridgehead atoms. The summed E-state index contributed by atoms with van der Waals surface area (Å²) in [7, 11) is 1.30. The van der Waals surface area contributed by atoms with E-state index in [1.165, 1.54) is 19.4 Å². The Morgan fingerprint density at radius 3 is 2.81 bits per heavy atom. The lowest BCUT2D eigenvalue weighted by Crippen LogP contribution is -2.13. The number of rotatable bonds is 5. The third-order valence-corrected chi connectivity index (χ3v) is 3.16. The van der Waals surface area contributed by atoms with Crippen molar-refractivity contribution in [1.82, 2.24) is 0 Å². The number of benzene rings is 1. The standard InChI is InChI=1S/C16H18O5/c1-3-4-7-21-16(18)13-10-12(15(17)19-2)9-11-6-5-8-20-14(11)13/h5,8-10H,3-4,6-7H2,1-2H3. The zero-order chi connectivity index (χ0) is 15.2. The molecule has 1 aliphatic heterocycles. The van der Waals surface area contributed by atoms with E-state index in [0.29, 0.717) is 24.3 Å². The highest BCUT2D eigenvalue weighted by Crippen LogP contribution is 2.30. The SMILES string of the molecule is CCCCOC(=O)c1cc(C(=O)OC)cc2c1OC=CC2. The zero-order valence-electron chi connectivity index (χ0n) is 12.2. The summed E-state index contributed by atoms with van der Waals surface area (Å²) in [6, 6.07) is 3.13. The van der Waals surface area contributed by atoms with Crippen LogP contribution in [-0.2, 0) is 15.9 Å². The Morgan fingerprint density at radius 2 is 2.10 bits per heavy atom. The van der Waals surface area contributed by atoms with Crippen LogP contribution in [0, 0.1) is 0 Å². The number of unbranched alkanes of at least 4 members (excludes halogenated alkanes) is 1. The molecule has 0 saturated carbocycles. The van der Waals surface area contributed by atoms with Gasteiger partial charge in [0.15, 0.2) is 0 Å². The van der Waals surface area contributed by atoms with Crippen molar-refractivity contribution >= 4 is 11.9 Å². The highest BCUT2D eigenvalue weighted by molar-refractivity contribution is 5.98. The molecule has 1 aromatic rings. The lowest BCUT2D eigenvalue weighted by atomic mass is 10.0. The van der Waals surface area contributed by atoms with Crippen LogP contribution in [0.4, 0.5) is 0 Å². The van der Waals surface area contributed by atoms with Gasteiger partial charge < -0.3 is 14.2 Å². The van der Waals surface area contributed by atoms with Crippen LogP contribution in [0.25, 0.3) is 0 Å². The first-order chi connectivity index (χ1) is 10.2. The van der Waals surface area contributed by atoms with Gasteiger partial charge in [-0.2, -0.15) is 0 Å². The number of hydrogen-bond donors (Lipinski definition) is 0. The molecule has 0 atom stereocenters. The fraction of sp³-hybridized carbons (Fsp3) is 0.375. The molecule has 21 heavy (non-hydrogen) atoms. The minimum Gasteiger partial charge on any atom is -0.465 e.